The molecule has 0 spiro atoms. The molecule has 0 atom stereocenters. The fraction of sp³-hybridized carbons (Fsp3) is 0.417. The average molecular weight is 249 g/mol. The summed E-state index contributed by atoms with van der Waals surface area (Å²) in [6.45, 7) is 0. The van der Waals surface area contributed by atoms with Gasteiger partial charge in [-0.1, -0.05) is 0 Å². The third-order valence-corrected chi connectivity index (χ3v) is 3.10. The van der Waals surface area contributed by atoms with E-state index in [2.05, 4.69) is 15.6 Å². The van der Waals surface area contributed by atoms with Gasteiger partial charge in [-0.15, -0.1) is 0 Å². The highest BCUT2D eigenvalue weighted by atomic mass is 16.4. The number of anilines is 1. The van der Waals surface area contributed by atoms with Gasteiger partial charge in [-0.3, -0.25) is 9.78 Å². The van der Waals surface area contributed by atoms with Crippen molar-refractivity contribution in [2.24, 2.45) is 0 Å². The number of carbonyl (C=O) groups is 2. The van der Waals surface area contributed by atoms with E-state index in [4.69, 9.17) is 5.11 Å². The number of nitrogens with one attached hydrogen (secondary N) is 2. The second-order valence-corrected chi connectivity index (χ2v) is 4.53. The fourth-order valence-corrected chi connectivity index (χ4v) is 2.08. The number of pyridine rings is 1. The highest BCUT2D eigenvalue weighted by Gasteiger charge is 2.40. The van der Waals surface area contributed by atoms with Gasteiger partial charge in [0.2, 0.25) is 0 Å². The van der Waals surface area contributed by atoms with Gasteiger partial charge in [-0.2, -0.15) is 0 Å². The minimum Gasteiger partial charge on any atom is -0.481 e. The molecule has 1 aromatic rings. The number of nitrogens with zero attached hydrogens (tertiary/aromatic N) is 1. The molecule has 96 valence electrons. The summed E-state index contributed by atoms with van der Waals surface area (Å²) in [5.74, 6) is -0.892. The molecule has 1 heterocycles. The quantitative estimate of drug-likeness (QED) is 0.755. The Bertz CT molecular complexity index is 443. The summed E-state index contributed by atoms with van der Waals surface area (Å²) >= 11 is 0. The first-order chi connectivity index (χ1) is 8.60. The lowest BCUT2D eigenvalue weighted by Gasteiger charge is -2.41. The summed E-state index contributed by atoms with van der Waals surface area (Å²) in [6, 6.07) is 3.05. The van der Waals surface area contributed by atoms with E-state index in [1.54, 1.807) is 18.3 Å². The molecule has 6 heteroatoms. The van der Waals surface area contributed by atoms with Gasteiger partial charge in [-0.25, -0.2) is 4.79 Å². The van der Waals surface area contributed by atoms with Crippen molar-refractivity contribution in [3.8, 4) is 0 Å². The molecule has 1 fully saturated rings. The maximum Gasteiger partial charge on any atom is 0.319 e. The summed E-state index contributed by atoms with van der Waals surface area (Å²) in [6.07, 6.45) is 5.47. The summed E-state index contributed by atoms with van der Waals surface area (Å²) < 4.78 is 0. The van der Waals surface area contributed by atoms with Crippen molar-refractivity contribution in [3.05, 3.63) is 24.5 Å². The molecule has 0 unspecified atom stereocenters. The monoisotopic (exact) mass is 249 g/mol. The third-order valence-electron chi connectivity index (χ3n) is 3.10. The molecule has 0 aromatic carbocycles. The Morgan fingerprint density at radius 1 is 1.44 bits per heavy atom. The van der Waals surface area contributed by atoms with Gasteiger partial charge in [0.15, 0.2) is 0 Å². The number of hydrogen-bond acceptors (Lipinski definition) is 3. The van der Waals surface area contributed by atoms with Crippen molar-refractivity contribution in [3.63, 3.8) is 0 Å². The van der Waals surface area contributed by atoms with Crippen LogP contribution in [0.4, 0.5) is 10.5 Å². The number of carbonyl (C=O) groups excluding carboxylic acids is 1. The van der Waals surface area contributed by atoms with Crippen LogP contribution in [-0.2, 0) is 4.79 Å². The van der Waals surface area contributed by atoms with Gasteiger partial charge >= 0.3 is 12.0 Å². The molecule has 18 heavy (non-hydrogen) atoms. The molecule has 0 saturated heterocycles. The van der Waals surface area contributed by atoms with Crippen LogP contribution in [0.15, 0.2) is 24.5 Å². The first kappa shape index (κ1) is 12.3. The lowest BCUT2D eigenvalue weighted by atomic mass is 9.74. The third kappa shape index (κ3) is 2.97. The smallest absolute Gasteiger partial charge is 0.319 e. The van der Waals surface area contributed by atoms with Gasteiger partial charge in [0.05, 0.1) is 23.8 Å². The van der Waals surface area contributed by atoms with E-state index in [9.17, 15) is 9.59 Å². The number of amides is 2. The Hall–Kier alpha value is -2.11. The maximum absolute atomic E-state index is 11.8. The molecule has 1 aliphatic rings. The number of carboxylic acid groups (broad SMARTS) is 1. The van der Waals surface area contributed by atoms with Crippen LogP contribution in [0.25, 0.3) is 0 Å². The van der Waals surface area contributed by atoms with E-state index in [1.165, 1.54) is 6.20 Å². The predicted molar refractivity (Wildman–Crippen MR) is 65.2 cm³/mol. The standard InChI is InChI=1S/C12H15N3O3/c16-10(17)7-12(4-2-5-12)15-11(18)14-9-3-1-6-13-8-9/h1,3,6,8H,2,4-5,7H2,(H,16,17)(H2,14,15,18). The topological polar surface area (TPSA) is 91.3 Å². The van der Waals surface area contributed by atoms with Crippen LogP contribution in [0, 0.1) is 0 Å². The fourth-order valence-electron chi connectivity index (χ4n) is 2.08. The Labute approximate surface area is 104 Å². The zero-order chi connectivity index (χ0) is 13.0. The Balaban J connectivity index is 1.92. The molecule has 3 N–H and O–H groups in total. The van der Waals surface area contributed by atoms with Crippen molar-refractivity contribution in [1.29, 1.82) is 0 Å². The lowest BCUT2D eigenvalue weighted by Crippen LogP contribution is -2.55. The van der Waals surface area contributed by atoms with E-state index in [0.717, 1.165) is 6.42 Å². The molecule has 0 radical (unpaired) electrons. The van der Waals surface area contributed by atoms with Crippen molar-refractivity contribution < 1.29 is 14.7 Å². The molecular weight excluding hydrogens is 234 g/mol. The van der Waals surface area contributed by atoms with Gasteiger partial charge in [-0.05, 0) is 31.4 Å². The number of aliphatic carboxylic acids is 1. The molecule has 2 rings (SSSR count). The minimum atomic E-state index is -0.892. The molecule has 0 bridgehead atoms. The van der Waals surface area contributed by atoms with Crippen LogP contribution in [0.3, 0.4) is 0 Å². The van der Waals surface area contributed by atoms with Crippen molar-refractivity contribution in [2.75, 3.05) is 5.32 Å². The van der Waals surface area contributed by atoms with Crippen molar-refractivity contribution in [2.45, 2.75) is 31.2 Å². The molecule has 1 saturated carbocycles. The summed E-state index contributed by atoms with van der Waals surface area (Å²) in [7, 11) is 0. The van der Waals surface area contributed by atoms with Gasteiger partial charge in [0.1, 0.15) is 0 Å². The lowest BCUT2D eigenvalue weighted by molar-refractivity contribution is -0.139. The van der Waals surface area contributed by atoms with Crippen LogP contribution in [0.5, 0.6) is 0 Å². The maximum atomic E-state index is 11.8. The van der Waals surface area contributed by atoms with Crippen LogP contribution >= 0.6 is 0 Å². The number of hydrogen-bond donors (Lipinski definition) is 3. The largest absolute Gasteiger partial charge is 0.481 e. The summed E-state index contributed by atoms with van der Waals surface area (Å²) in [5, 5.41) is 14.2. The normalized spacial score (nSPS) is 16.4. The highest BCUT2D eigenvalue weighted by molar-refractivity contribution is 5.90. The molecule has 1 aromatic heterocycles. The SMILES string of the molecule is O=C(O)CC1(NC(=O)Nc2cccnc2)CCC1. The van der Waals surface area contributed by atoms with Crippen molar-refractivity contribution in [1.82, 2.24) is 10.3 Å². The van der Waals surface area contributed by atoms with E-state index in [0.29, 0.717) is 18.5 Å². The van der Waals surface area contributed by atoms with Crippen LogP contribution < -0.4 is 10.6 Å². The highest BCUT2D eigenvalue weighted by Crippen LogP contribution is 2.34. The Morgan fingerprint density at radius 3 is 2.72 bits per heavy atom. The number of rotatable bonds is 4. The molecule has 2 amide bonds. The van der Waals surface area contributed by atoms with E-state index < -0.39 is 11.5 Å². The predicted octanol–water partition coefficient (Wildman–Crippen LogP) is 1.60. The van der Waals surface area contributed by atoms with Gasteiger partial charge in [0, 0.05) is 6.20 Å². The Kier molecular flexibility index (Phi) is 3.45. The van der Waals surface area contributed by atoms with Crippen LogP contribution in [0.1, 0.15) is 25.7 Å². The average Bonchev–Trinajstić information content (AvgIpc) is 2.26. The number of urea groups is 1. The summed E-state index contributed by atoms with van der Waals surface area (Å²) in [5.41, 5.74) is -0.00205. The number of carboxylic acids is 1. The van der Waals surface area contributed by atoms with Crippen molar-refractivity contribution >= 4 is 17.7 Å². The second-order valence-electron chi connectivity index (χ2n) is 4.53. The van der Waals surface area contributed by atoms with E-state index >= 15 is 0 Å². The zero-order valence-corrected chi connectivity index (χ0v) is 9.85. The summed E-state index contributed by atoms with van der Waals surface area (Å²) in [4.78, 5) is 26.4. The van der Waals surface area contributed by atoms with Crippen LogP contribution in [-0.4, -0.2) is 27.6 Å². The molecule has 1 aliphatic carbocycles. The van der Waals surface area contributed by atoms with Gasteiger partial charge < -0.3 is 15.7 Å². The molecule has 6 nitrogen and oxygen atoms in total. The van der Waals surface area contributed by atoms with Crippen LogP contribution in [0.2, 0.25) is 0 Å². The minimum absolute atomic E-state index is 0.0343. The zero-order valence-electron chi connectivity index (χ0n) is 9.85. The molecular formula is C12H15N3O3. The van der Waals surface area contributed by atoms with E-state index in [1.807, 2.05) is 0 Å². The first-order valence-electron chi connectivity index (χ1n) is 5.81. The van der Waals surface area contributed by atoms with Gasteiger partial charge in [0.25, 0.3) is 0 Å². The molecule has 0 aliphatic heterocycles. The number of aromatic nitrogens is 1. The second kappa shape index (κ2) is 5.03. The first-order valence-corrected chi connectivity index (χ1v) is 5.81. The Morgan fingerprint density at radius 2 is 2.22 bits per heavy atom. The van der Waals surface area contributed by atoms with E-state index in [-0.39, 0.29) is 12.5 Å².